The molecule has 2 N–H and O–H groups in total. The average Bonchev–Trinajstić information content (AvgIpc) is 2.56. The lowest BCUT2D eigenvalue weighted by atomic mass is 10.0. The summed E-state index contributed by atoms with van der Waals surface area (Å²) in [7, 11) is 0. The van der Waals surface area contributed by atoms with Crippen molar-refractivity contribution in [2.75, 3.05) is 6.61 Å². The molecule has 0 aliphatic rings. The van der Waals surface area contributed by atoms with Crippen LogP contribution in [0.15, 0.2) is 42.5 Å². The van der Waals surface area contributed by atoms with Crippen molar-refractivity contribution in [3.63, 3.8) is 0 Å². The van der Waals surface area contributed by atoms with Gasteiger partial charge in [0.2, 0.25) is 0 Å². The van der Waals surface area contributed by atoms with E-state index in [4.69, 9.17) is 26.8 Å². The zero-order chi connectivity index (χ0) is 16.8. The molecule has 5 heteroatoms. The van der Waals surface area contributed by atoms with Crippen molar-refractivity contribution < 1.29 is 14.3 Å². The van der Waals surface area contributed by atoms with Crippen molar-refractivity contribution in [3.8, 4) is 5.75 Å². The monoisotopic (exact) mass is 333 g/mol. The molecule has 4 nitrogen and oxygen atoms in total. The van der Waals surface area contributed by atoms with Crippen molar-refractivity contribution in [2.24, 2.45) is 5.73 Å². The van der Waals surface area contributed by atoms with Gasteiger partial charge in [-0.15, -0.1) is 0 Å². The molecule has 0 heterocycles. The summed E-state index contributed by atoms with van der Waals surface area (Å²) in [6.07, 6.45) is 0. The van der Waals surface area contributed by atoms with Gasteiger partial charge in [0.1, 0.15) is 18.4 Å². The molecule has 1 atom stereocenters. The normalized spacial score (nSPS) is 11.8. The Balaban J connectivity index is 2.26. The third kappa shape index (κ3) is 4.47. The van der Waals surface area contributed by atoms with E-state index in [1.165, 1.54) is 0 Å². The SMILES string of the molecule is CCOC(=O)C(N)c1cc(Cl)c(C)cc1OCc1ccccc1. The second kappa shape index (κ2) is 7.99. The molecular formula is C18H20ClNO3. The van der Waals surface area contributed by atoms with Gasteiger partial charge in [-0.2, -0.15) is 0 Å². The number of nitrogens with two attached hydrogens (primary N) is 1. The summed E-state index contributed by atoms with van der Waals surface area (Å²) in [5.41, 5.74) is 8.40. The van der Waals surface area contributed by atoms with Crippen molar-refractivity contribution in [3.05, 3.63) is 64.2 Å². The summed E-state index contributed by atoms with van der Waals surface area (Å²) in [4.78, 5) is 11.9. The molecule has 0 aliphatic carbocycles. The lowest BCUT2D eigenvalue weighted by molar-refractivity contribution is -0.144. The molecule has 0 aromatic heterocycles. The maximum absolute atomic E-state index is 11.9. The Morgan fingerprint density at radius 1 is 1.26 bits per heavy atom. The summed E-state index contributed by atoms with van der Waals surface area (Å²) in [5, 5.41) is 0.534. The fourth-order valence-electron chi connectivity index (χ4n) is 2.13. The van der Waals surface area contributed by atoms with Gasteiger partial charge in [-0.25, -0.2) is 4.79 Å². The smallest absolute Gasteiger partial charge is 0.327 e. The van der Waals surface area contributed by atoms with E-state index in [1.54, 1.807) is 19.1 Å². The molecule has 2 rings (SSSR count). The van der Waals surface area contributed by atoms with Gasteiger partial charge in [0, 0.05) is 10.6 Å². The van der Waals surface area contributed by atoms with Crippen LogP contribution in [0.25, 0.3) is 0 Å². The van der Waals surface area contributed by atoms with E-state index >= 15 is 0 Å². The highest BCUT2D eigenvalue weighted by molar-refractivity contribution is 6.31. The second-order valence-corrected chi connectivity index (χ2v) is 5.55. The molecule has 0 saturated heterocycles. The summed E-state index contributed by atoms with van der Waals surface area (Å²) < 4.78 is 10.8. The Kier molecular flexibility index (Phi) is 6.02. The number of ether oxygens (including phenoxy) is 2. The van der Waals surface area contributed by atoms with Crippen LogP contribution in [-0.2, 0) is 16.1 Å². The van der Waals surface area contributed by atoms with E-state index in [2.05, 4.69) is 0 Å². The van der Waals surface area contributed by atoms with Crippen molar-refractivity contribution in [2.45, 2.75) is 26.5 Å². The van der Waals surface area contributed by atoms with Crippen LogP contribution >= 0.6 is 11.6 Å². The van der Waals surface area contributed by atoms with Crippen LogP contribution in [-0.4, -0.2) is 12.6 Å². The number of carbonyl (C=O) groups is 1. The fraction of sp³-hybridized carbons (Fsp3) is 0.278. The molecule has 0 saturated carbocycles. The number of hydrogen-bond donors (Lipinski definition) is 1. The minimum Gasteiger partial charge on any atom is -0.489 e. The minimum atomic E-state index is -0.932. The first-order valence-electron chi connectivity index (χ1n) is 7.42. The summed E-state index contributed by atoms with van der Waals surface area (Å²) in [5.74, 6) is 0.0355. The van der Waals surface area contributed by atoms with E-state index in [0.29, 0.717) is 22.9 Å². The quantitative estimate of drug-likeness (QED) is 0.817. The first-order chi connectivity index (χ1) is 11.0. The van der Waals surface area contributed by atoms with Gasteiger partial charge < -0.3 is 15.2 Å². The molecule has 122 valence electrons. The van der Waals surface area contributed by atoms with Gasteiger partial charge in [-0.1, -0.05) is 41.9 Å². The van der Waals surface area contributed by atoms with Gasteiger partial charge in [-0.3, -0.25) is 0 Å². The molecule has 23 heavy (non-hydrogen) atoms. The molecular weight excluding hydrogens is 314 g/mol. The molecule has 0 amide bonds. The lowest BCUT2D eigenvalue weighted by Gasteiger charge is -2.17. The maximum atomic E-state index is 11.9. The zero-order valence-corrected chi connectivity index (χ0v) is 14.0. The van der Waals surface area contributed by atoms with Gasteiger partial charge in [0.25, 0.3) is 0 Å². The minimum absolute atomic E-state index is 0.270. The molecule has 0 fully saturated rings. The summed E-state index contributed by atoms with van der Waals surface area (Å²) in [6, 6.07) is 12.3. The number of benzene rings is 2. The molecule has 0 spiro atoms. The Hall–Kier alpha value is -2.04. The number of halogens is 1. The Morgan fingerprint density at radius 2 is 1.96 bits per heavy atom. The van der Waals surface area contributed by atoms with Gasteiger partial charge in [-0.05, 0) is 37.1 Å². The van der Waals surface area contributed by atoms with Crippen LogP contribution in [0.1, 0.15) is 29.7 Å². The first kappa shape index (κ1) is 17.3. The van der Waals surface area contributed by atoms with Crippen molar-refractivity contribution in [1.82, 2.24) is 0 Å². The third-order valence-corrected chi connectivity index (χ3v) is 3.81. The molecule has 2 aromatic carbocycles. The van der Waals surface area contributed by atoms with Crippen molar-refractivity contribution in [1.29, 1.82) is 0 Å². The zero-order valence-electron chi connectivity index (χ0n) is 13.2. The van der Waals surface area contributed by atoms with Crippen molar-refractivity contribution >= 4 is 17.6 Å². The average molecular weight is 334 g/mol. The molecule has 0 aliphatic heterocycles. The fourth-order valence-corrected chi connectivity index (χ4v) is 2.30. The van der Waals surface area contributed by atoms with Gasteiger partial charge in [0.05, 0.1) is 6.61 Å². The van der Waals surface area contributed by atoms with Crippen LogP contribution in [0.5, 0.6) is 5.75 Å². The number of hydrogen-bond acceptors (Lipinski definition) is 4. The van der Waals surface area contributed by atoms with Crippen LogP contribution < -0.4 is 10.5 Å². The van der Waals surface area contributed by atoms with Gasteiger partial charge >= 0.3 is 5.97 Å². The summed E-state index contributed by atoms with van der Waals surface area (Å²) >= 11 is 6.17. The molecule has 0 radical (unpaired) electrons. The second-order valence-electron chi connectivity index (χ2n) is 5.14. The highest BCUT2D eigenvalue weighted by Crippen LogP contribution is 2.31. The predicted octanol–water partition coefficient (Wildman–Crippen LogP) is 3.79. The van der Waals surface area contributed by atoms with E-state index in [-0.39, 0.29) is 6.61 Å². The standard InChI is InChI=1S/C18H20ClNO3/c1-3-22-18(21)17(20)14-10-15(19)12(2)9-16(14)23-11-13-7-5-4-6-8-13/h4-10,17H,3,11,20H2,1-2H3. The van der Waals surface area contributed by atoms with Crippen LogP contribution in [0.4, 0.5) is 0 Å². The topological polar surface area (TPSA) is 61.5 Å². The predicted molar refractivity (Wildman–Crippen MR) is 90.5 cm³/mol. The summed E-state index contributed by atoms with van der Waals surface area (Å²) in [6.45, 7) is 4.26. The Morgan fingerprint density at radius 3 is 2.61 bits per heavy atom. The largest absolute Gasteiger partial charge is 0.489 e. The van der Waals surface area contributed by atoms with E-state index in [9.17, 15) is 4.79 Å². The highest BCUT2D eigenvalue weighted by Gasteiger charge is 2.22. The van der Waals surface area contributed by atoms with Crippen LogP contribution in [0, 0.1) is 6.92 Å². The lowest BCUT2D eigenvalue weighted by Crippen LogP contribution is -2.24. The number of aryl methyl sites for hydroxylation is 1. The Labute approximate surface area is 141 Å². The highest BCUT2D eigenvalue weighted by atomic mass is 35.5. The van der Waals surface area contributed by atoms with Crippen LogP contribution in [0.2, 0.25) is 5.02 Å². The molecule has 1 unspecified atom stereocenters. The number of esters is 1. The van der Waals surface area contributed by atoms with Crippen LogP contribution in [0.3, 0.4) is 0 Å². The van der Waals surface area contributed by atoms with E-state index < -0.39 is 12.0 Å². The van der Waals surface area contributed by atoms with Gasteiger partial charge in [0.15, 0.2) is 0 Å². The maximum Gasteiger partial charge on any atom is 0.327 e. The third-order valence-electron chi connectivity index (χ3n) is 3.40. The molecule has 0 bridgehead atoms. The molecule has 2 aromatic rings. The number of rotatable bonds is 6. The van der Waals surface area contributed by atoms with E-state index in [1.807, 2.05) is 37.3 Å². The number of carbonyl (C=O) groups excluding carboxylic acids is 1. The first-order valence-corrected chi connectivity index (χ1v) is 7.79. The Bertz CT molecular complexity index is 673. The van der Waals surface area contributed by atoms with E-state index in [0.717, 1.165) is 11.1 Å².